The Morgan fingerprint density at radius 1 is 1.03 bits per heavy atom. The lowest BCUT2D eigenvalue weighted by Gasteiger charge is -2.17. The summed E-state index contributed by atoms with van der Waals surface area (Å²) in [5, 5.41) is 25.4. The highest BCUT2D eigenvalue weighted by molar-refractivity contribution is 5.84. The standard InChI is InChI=1S/C19H26FN3O6/c20-14-6-4-13(5-7-14)11-21-10-2-1-3-15(12-24)22-19(29)23-16(18(27)28)8-9-17(25)26/h4-7,12,15-16,21H,1-3,8-11H2,(H,25,26)(H,27,28)(H2,22,23,29)/t15-,16-/m0/s1. The Labute approximate surface area is 167 Å². The van der Waals surface area contributed by atoms with Gasteiger partial charge in [-0.25, -0.2) is 14.0 Å². The van der Waals surface area contributed by atoms with Crippen molar-refractivity contribution in [2.45, 2.75) is 50.7 Å². The third-order valence-corrected chi connectivity index (χ3v) is 4.09. The fourth-order valence-electron chi connectivity index (χ4n) is 2.52. The molecule has 0 aromatic heterocycles. The molecule has 0 spiro atoms. The monoisotopic (exact) mass is 411 g/mol. The molecule has 10 heteroatoms. The number of rotatable bonds is 14. The van der Waals surface area contributed by atoms with Crippen LogP contribution in [0.3, 0.4) is 0 Å². The van der Waals surface area contributed by atoms with E-state index >= 15 is 0 Å². The number of hydrogen-bond donors (Lipinski definition) is 5. The van der Waals surface area contributed by atoms with Crippen LogP contribution in [0.1, 0.15) is 37.7 Å². The summed E-state index contributed by atoms with van der Waals surface area (Å²) in [5.41, 5.74) is 0.950. The quantitative estimate of drug-likeness (QED) is 0.229. The van der Waals surface area contributed by atoms with Crippen molar-refractivity contribution in [2.24, 2.45) is 0 Å². The molecular weight excluding hydrogens is 385 g/mol. The maximum Gasteiger partial charge on any atom is 0.326 e. The van der Waals surface area contributed by atoms with Crippen molar-refractivity contribution in [3.05, 3.63) is 35.6 Å². The van der Waals surface area contributed by atoms with Crippen LogP contribution in [0, 0.1) is 5.82 Å². The van der Waals surface area contributed by atoms with E-state index in [1.54, 1.807) is 12.1 Å². The summed E-state index contributed by atoms with van der Waals surface area (Å²) < 4.78 is 12.8. The van der Waals surface area contributed by atoms with Gasteiger partial charge in [0.2, 0.25) is 0 Å². The van der Waals surface area contributed by atoms with Gasteiger partial charge in [-0.1, -0.05) is 12.1 Å². The van der Waals surface area contributed by atoms with Crippen LogP contribution in [0.5, 0.6) is 0 Å². The van der Waals surface area contributed by atoms with Crippen LogP contribution < -0.4 is 16.0 Å². The molecule has 2 amide bonds. The molecule has 9 nitrogen and oxygen atoms in total. The van der Waals surface area contributed by atoms with E-state index in [-0.39, 0.29) is 12.2 Å². The fraction of sp³-hybridized carbons (Fsp3) is 0.474. The van der Waals surface area contributed by atoms with Crippen molar-refractivity contribution in [1.82, 2.24) is 16.0 Å². The molecule has 1 rings (SSSR count). The minimum Gasteiger partial charge on any atom is -0.481 e. The number of nitrogens with one attached hydrogen (secondary N) is 3. The van der Waals surface area contributed by atoms with Crippen molar-refractivity contribution >= 4 is 24.3 Å². The van der Waals surface area contributed by atoms with E-state index in [0.29, 0.717) is 32.2 Å². The number of amides is 2. The van der Waals surface area contributed by atoms with Crippen LogP contribution in [0.25, 0.3) is 0 Å². The molecule has 0 saturated heterocycles. The summed E-state index contributed by atoms with van der Waals surface area (Å²) >= 11 is 0. The number of benzene rings is 1. The summed E-state index contributed by atoms with van der Waals surface area (Å²) in [4.78, 5) is 44.6. The highest BCUT2D eigenvalue weighted by Crippen LogP contribution is 2.03. The minimum absolute atomic E-state index is 0.260. The summed E-state index contributed by atoms with van der Waals surface area (Å²) in [6, 6.07) is 3.18. The molecule has 0 saturated carbocycles. The Bertz CT molecular complexity index is 683. The Hall–Kier alpha value is -3.01. The highest BCUT2D eigenvalue weighted by atomic mass is 19.1. The van der Waals surface area contributed by atoms with Crippen molar-refractivity contribution in [3.63, 3.8) is 0 Å². The predicted molar refractivity (Wildman–Crippen MR) is 102 cm³/mol. The van der Waals surface area contributed by atoms with Gasteiger partial charge in [0.05, 0.1) is 6.04 Å². The first-order chi connectivity index (χ1) is 13.8. The van der Waals surface area contributed by atoms with Crippen LogP contribution >= 0.6 is 0 Å². The molecule has 0 aliphatic carbocycles. The normalized spacial score (nSPS) is 12.6. The number of carboxylic acid groups (broad SMARTS) is 2. The Morgan fingerprint density at radius 3 is 2.31 bits per heavy atom. The van der Waals surface area contributed by atoms with E-state index in [1.807, 2.05) is 0 Å². The number of hydrogen-bond acceptors (Lipinski definition) is 5. The van der Waals surface area contributed by atoms with Gasteiger partial charge in [-0.2, -0.15) is 0 Å². The van der Waals surface area contributed by atoms with Crippen molar-refractivity contribution in [3.8, 4) is 0 Å². The smallest absolute Gasteiger partial charge is 0.326 e. The first kappa shape index (κ1) is 24.0. The van der Waals surface area contributed by atoms with Crippen LogP contribution in [0.4, 0.5) is 9.18 Å². The van der Waals surface area contributed by atoms with Crippen LogP contribution in [0.15, 0.2) is 24.3 Å². The van der Waals surface area contributed by atoms with Crippen molar-refractivity contribution in [2.75, 3.05) is 6.54 Å². The highest BCUT2D eigenvalue weighted by Gasteiger charge is 2.22. The van der Waals surface area contributed by atoms with E-state index in [2.05, 4.69) is 16.0 Å². The van der Waals surface area contributed by atoms with Crippen LogP contribution in [-0.4, -0.2) is 53.1 Å². The second kappa shape index (κ2) is 13.2. The molecular formula is C19H26FN3O6. The minimum atomic E-state index is -1.35. The van der Waals surface area contributed by atoms with Gasteiger partial charge < -0.3 is 31.0 Å². The fourth-order valence-corrected chi connectivity index (χ4v) is 2.52. The molecule has 29 heavy (non-hydrogen) atoms. The zero-order valence-electron chi connectivity index (χ0n) is 15.9. The van der Waals surface area contributed by atoms with Crippen LogP contribution in [-0.2, 0) is 20.9 Å². The molecule has 160 valence electrons. The number of carboxylic acids is 2. The summed E-state index contributed by atoms with van der Waals surface area (Å²) in [6.07, 6.45) is 1.66. The van der Waals surface area contributed by atoms with Gasteiger partial charge in [-0.05, 0) is 49.9 Å². The van der Waals surface area contributed by atoms with Gasteiger partial charge in [0, 0.05) is 13.0 Å². The van der Waals surface area contributed by atoms with E-state index in [0.717, 1.165) is 12.0 Å². The third-order valence-electron chi connectivity index (χ3n) is 4.09. The van der Waals surface area contributed by atoms with Crippen molar-refractivity contribution in [1.29, 1.82) is 0 Å². The molecule has 0 unspecified atom stereocenters. The number of carbonyl (C=O) groups excluding carboxylic acids is 2. The number of aliphatic carboxylic acids is 2. The molecule has 1 aromatic rings. The average molecular weight is 411 g/mol. The summed E-state index contributed by atoms with van der Waals surface area (Å²) in [6.45, 7) is 1.26. The predicted octanol–water partition coefficient (Wildman–Crippen LogP) is 1.27. The lowest BCUT2D eigenvalue weighted by atomic mass is 10.1. The molecule has 0 aliphatic heterocycles. The Morgan fingerprint density at radius 2 is 1.72 bits per heavy atom. The molecule has 5 N–H and O–H groups in total. The zero-order chi connectivity index (χ0) is 21.6. The lowest BCUT2D eigenvalue weighted by Crippen LogP contribution is -2.49. The SMILES string of the molecule is O=C[C@H](CCCCNCc1ccc(F)cc1)NC(=O)N[C@@H](CCC(=O)O)C(=O)O. The Kier molecular flexibility index (Phi) is 10.9. The lowest BCUT2D eigenvalue weighted by molar-refractivity contribution is -0.140. The Balaban J connectivity index is 2.25. The average Bonchev–Trinajstić information content (AvgIpc) is 2.67. The number of carbonyl (C=O) groups is 4. The number of aldehydes is 1. The molecule has 2 atom stereocenters. The number of urea groups is 1. The summed E-state index contributed by atoms with van der Waals surface area (Å²) in [7, 11) is 0. The first-order valence-electron chi connectivity index (χ1n) is 9.24. The molecule has 0 bridgehead atoms. The molecule has 1 aromatic carbocycles. The van der Waals surface area contributed by atoms with Crippen LogP contribution in [0.2, 0.25) is 0 Å². The molecule has 0 radical (unpaired) electrons. The van der Waals surface area contributed by atoms with E-state index in [4.69, 9.17) is 10.2 Å². The van der Waals surface area contributed by atoms with Gasteiger partial charge in [0.1, 0.15) is 18.1 Å². The van der Waals surface area contributed by atoms with Crippen molar-refractivity contribution < 1.29 is 33.8 Å². The molecule has 0 aliphatic rings. The van der Waals surface area contributed by atoms with E-state index < -0.39 is 36.5 Å². The first-order valence-corrected chi connectivity index (χ1v) is 9.24. The topological polar surface area (TPSA) is 145 Å². The molecule has 0 heterocycles. The number of halogens is 1. The van der Waals surface area contributed by atoms with Gasteiger partial charge >= 0.3 is 18.0 Å². The van der Waals surface area contributed by atoms with Gasteiger partial charge in [-0.15, -0.1) is 0 Å². The number of unbranched alkanes of at least 4 members (excludes halogenated alkanes) is 1. The second-order valence-electron chi connectivity index (χ2n) is 6.48. The van der Waals surface area contributed by atoms with Gasteiger partial charge in [-0.3, -0.25) is 4.79 Å². The van der Waals surface area contributed by atoms with Gasteiger partial charge in [0.15, 0.2) is 0 Å². The second-order valence-corrected chi connectivity index (χ2v) is 6.48. The zero-order valence-corrected chi connectivity index (χ0v) is 15.9. The van der Waals surface area contributed by atoms with Gasteiger partial charge in [0.25, 0.3) is 0 Å². The summed E-state index contributed by atoms with van der Waals surface area (Å²) in [5.74, 6) is -2.81. The van der Waals surface area contributed by atoms with E-state index in [1.165, 1.54) is 12.1 Å². The molecule has 0 fully saturated rings. The maximum atomic E-state index is 12.8. The third kappa shape index (κ3) is 10.8. The largest absolute Gasteiger partial charge is 0.481 e. The van der Waals surface area contributed by atoms with E-state index in [9.17, 15) is 23.6 Å². The maximum absolute atomic E-state index is 12.8.